The summed E-state index contributed by atoms with van der Waals surface area (Å²) in [6.07, 6.45) is 3.95. The molecule has 0 radical (unpaired) electrons. The molecule has 1 aliphatic carbocycles. The number of carbonyl (C=O) groups excluding carboxylic acids is 1. The maximum atomic E-state index is 12.7. The number of hydrogen-bond acceptors (Lipinski definition) is 5. The normalized spacial score (nSPS) is 20.2. The molecule has 0 bridgehead atoms. The van der Waals surface area contributed by atoms with Crippen molar-refractivity contribution >= 4 is 23.3 Å². The van der Waals surface area contributed by atoms with Crippen molar-refractivity contribution < 1.29 is 4.79 Å². The van der Waals surface area contributed by atoms with Crippen LogP contribution in [0.25, 0.3) is 0 Å². The van der Waals surface area contributed by atoms with Crippen molar-refractivity contribution in [2.45, 2.75) is 38.4 Å². The fourth-order valence-electron chi connectivity index (χ4n) is 4.64. The Kier molecular flexibility index (Phi) is 4.88. The SMILES string of the molecule is CC(c1cc(Cl)c2c(c1)CN(C1CC1)C2=O)N1CCN(c2ncccc2C#N)CC1. The topological polar surface area (TPSA) is 63.5 Å². The highest BCUT2D eigenvalue weighted by Crippen LogP contribution is 2.39. The number of rotatable bonds is 4. The lowest BCUT2D eigenvalue weighted by Gasteiger charge is -2.39. The molecule has 1 aromatic heterocycles. The van der Waals surface area contributed by atoms with Gasteiger partial charge in [-0.2, -0.15) is 5.26 Å². The Morgan fingerprint density at radius 2 is 2.00 bits per heavy atom. The third kappa shape index (κ3) is 3.32. The first-order valence-electron chi connectivity index (χ1n) is 10.5. The van der Waals surface area contributed by atoms with Gasteiger partial charge in [-0.1, -0.05) is 17.7 Å². The van der Waals surface area contributed by atoms with Gasteiger partial charge in [0.15, 0.2) is 0 Å². The molecule has 0 spiro atoms. The highest BCUT2D eigenvalue weighted by Gasteiger charge is 2.39. The minimum atomic E-state index is 0.0916. The van der Waals surface area contributed by atoms with E-state index in [0.29, 0.717) is 28.7 Å². The number of fused-ring (bicyclic) bond motifs is 1. The molecule has 3 heterocycles. The highest BCUT2D eigenvalue weighted by molar-refractivity contribution is 6.34. The van der Waals surface area contributed by atoms with Crippen LogP contribution in [0.3, 0.4) is 0 Å². The maximum absolute atomic E-state index is 12.7. The van der Waals surface area contributed by atoms with E-state index in [4.69, 9.17) is 11.6 Å². The van der Waals surface area contributed by atoms with Crippen molar-refractivity contribution in [3.63, 3.8) is 0 Å². The van der Waals surface area contributed by atoms with Crippen molar-refractivity contribution in [3.8, 4) is 6.07 Å². The van der Waals surface area contributed by atoms with Crippen LogP contribution in [0.1, 0.15) is 52.9 Å². The molecular weight excluding hydrogens is 398 g/mol. The zero-order valence-corrected chi connectivity index (χ0v) is 17.8. The number of aromatic nitrogens is 1. The first kappa shape index (κ1) is 19.3. The summed E-state index contributed by atoms with van der Waals surface area (Å²) in [4.78, 5) is 23.7. The first-order chi connectivity index (χ1) is 14.6. The average Bonchev–Trinajstić information content (AvgIpc) is 3.56. The van der Waals surface area contributed by atoms with Crippen LogP contribution in [-0.2, 0) is 6.54 Å². The monoisotopic (exact) mass is 421 g/mol. The second-order valence-electron chi connectivity index (χ2n) is 8.39. The number of carbonyl (C=O) groups is 1. The number of nitrogens with zero attached hydrogens (tertiary/aromatic N) is 5. The lowest BCUT2D eigenvalue weighted by molar-refractivity contribution is 0.0767. The van der Waals surface area contributed by atoms with Crippen molar-refractivity contribution in [2.24, 2.45) is 0 Å². The van der Waals surface area contributed by atoms with Gasteiger partial charge in [0, 0.05) is 51.0 Å². The van der Waals surface area contributed by atoms with Crippen LogP contribution in [0.5, 0.6) is 0 Å². The number of anilines is 1. The summed E-state index contributed by atoms with van der Waals surface area (Å²) < 4.78 is 0. The van der Waals surface area contributed by atoms with Crippen LogP contribution < -0.4 is 4.90 Å². The lowest BCUT2D eigenvalue weighted by Crippen LogP contribution is -2.47. The molecule has 2 fully saturated rings. The minimum Gasteiger partial charge on any atom is -0.353 e. The van der Waals surface area contributed by atoms with Crippen molar-refractivity contribution in [1.29, 1.82) is 5.26 Å². The van der Waals surface area contributed by atoms with Crippen LogP contribution >= 0.6 is 11.6 Å². The van der Waals surface area contributed by atoms with Gasteiger partial charge in [-0.15, -0.1) is 0 Å². The van der Waals surface area contributed by atoms with Crippen LogP contribution in [0.2, 0.25) is 5.02 Å². The molecule has 2 aromatic rings. The average molecular weight is 422 g/mol. The van der Waals surface area contributed by atoms with Gasteiger partial charge in [0.05, 0.1) is 16.1 Å². The van der Waals surface area contributed by atoms with E-state index in [2.05, 4.69) is 33.8 Å². The van der Waals surface area contributed by atoms with Gasteiger partial charge >= 0.3 is 0 Å². The minimum absolute atomic E-state index is 0.0916. The Bertz CT molecular complexity index is 1040. The van der Waals surface area contributed by atoms with Gasteiger partial charge < -0.3 is 9.80 Å². The van der Waals surface area contributed by atoms with Gasteiger partial charge in [-0.25, -0.2) is 4.98 Å². The molecule has 1 atom stereocenters. The highest BCUT2D eigenvalue weighted by atomic mass is 35.5. The zero-order valence-electron chi connectivity index (χ0n) is 17.0. The Morgan fingerprint density at radius 1 is 1.23 bits per heavy atom. The van der Waals surface area contributed by atoms with E-state index in [1.807, 2.05) is 17.0 Å². The molecule has 1 saturated heterocycles. The van der Waals surface area contributed by atoms with Crippen molar-refractivity contribution in [1.82, 2.24) is 14.8 Å². The largest absolute Gasteiger partial charge is 0.353 e. The summed E-state index contributed by atoms with van der Waals surface area (Å²) >= 11 is 6.57. The summed E-state index contributed by atoms with van der Waals surface area (Å²) in [6, 6.07) is 10.6. The van der Waals surface area contributed by atoms with Gasteiger partial charge in [0.25, 0.3) is 5.91 Å². The second kappa shape index (κ2) is 7.57. The zero-order chi connectivity index (χ0) is 20.8. The molecule has 1 unspecified atom stereocenters. The molecule has 2 aliphatic heterocycles. The first-order valence-corrected chi connectivity index (χ1v) is 10.9. The van der Waals surface area contributed by atoms with Gasteiger partial charge in [0.2, 0.25) is 0 Å². The predicted molar refractivity (Wildman–Crippen MR) is 116 cm³/mol. The third-order valence-electron chi connectivity index (χ3n) is 6.55. The predicted octanol–water partition coefficient (Wildman–Crippen LogP) is 3.61. The molecule has 5 rings (SSSR count). The molecule has 30 heavy (non-hydrogen) atoms. The number of hydrogen-bond donors (Lipinski definition) is 0. The molecule has 1 amide bonds. The Hall–Kier alpha value is -2.62. The molecule has 154 valence electrons. The van der Waals surface area contributed by atoms with Crippen LogP contribution in [0, 0.1) is 11.3 Å². The lowest BCUT2D eigenvalue weighted by atomic mass is 10.00. The Balaban J connectivity index is 1.30. The van der Waals surface area contributed by atoms with Gasteiger partial charge in [0.1, 0.15) is 11.9 Å². The van der Waals surface area contributed by atoms with E-state index in [1.165, 1.54) is 0 Å². The van der Waals surface area contributed by atoms with Crippen molar-refractivity contribution in [3.05, 3.63) is 57.7 Å². The number of amides is 1. The summed E-state index contributed by atoms with van der Waals surface area (Å²) in [6.45, 7) is 6.29. The Morgan fingerprint density at radius 3 is 2.70 bits per heavy atom. The smallest absolute Gasteiger partial charge is 0.256 e. The van der Waals surface area contributed by atoms with Crippen LogP contribution in [0.4, 0.5) is 5.82 Å². The van der Waals surface area contributed by atoms with Gasteiger partial charge in [-0.05, 0) is 49.1 Å². The summed E-state index contributed by atoms with van der Waals surface area (Å²) in [7, 11) is 0. The summed E-state index contributed by atoms with van der Waals surface area (Å²) in [5.74, 6) is 0.862. The number of halogens is 1. The summed E-state index contributed by atoms with van der Waals surface area (Å²) in [5, 5.41) is 9.93. The number of nitriles is 1. The Labute approximate surface area is 181 Å². The third-order valence-corrected chi connectivity index (χ3v) is 6.85. The fraction of sp³-hybridized carbons (Fsp3) is 0.435. The van der Waals surface area contributed by atoms with Crippen LogP contribution in [-0.4, -0.2) is 52.9 Å². The number of benzene rings is 1. The molecular formula is C23H24ClN5O. The van der Waals surface area contributed by atoms with E-state index in [9.17, 15) is 10.1 Å². The summed E-state index contributed by atoms with van der Waals surface area (Å²) in [5.41, 5.74) is 3.54. The fourth-order valence-corrected chi connectivity index (χ4v) is 4.97. The molecule has 7 heteroatoms. The van der Waals surface area contributed by atoms with Gasteiger partial charge in [-0.3, -0.25) is 9.69 Å². The number of pyridine rings is 1. The van der Waals surface area contributed by atoms with Crippen LogP contribution in [0.15, 0.2) is 30.5 Å². The van der Waals surface area contributed by atoms with E-state index >= 15 is 0 Å². The molecule has 1 saturated carbocycles. The van der Waals surface area contributed by atoms with E-state index < -0.39 is 0 Å². The van der Waals surface area contributed by atoms with E-state index in [1.54, 1.807) is 12.3 Å². The molecule has 3 aliphatic rings. The number of piperazine rings is 1. The molecule has 6 nitrogen and oxygen atoms in total. The molecule has 1 aromatic carbocycles. The second-order valence-corrected chi connectivity index (χ2v) is 8.79. The maximum Gasteiger partial charge on any atom is 0.256 e. The molecule has 0 N–H and O–H groups in total. The van der Waals surface area contributed by atoms with Crippen molar-refractivity contribution in [2.75, 3.05) is 31.1 Å². The van der Waals surface area contributed by atoms with E-state index in [-0.39, 0.29) is 11.9 Å². The standard InChI is InChI=1S/C23H24ClN5O/c1-15(27-7-9-28(10-8-27)22-16(13-25)3-2-6-26-22)17-11-18-14-29(19-4-5-19)23(30)21(18)20(24)12-17/h2-3,6,11-12,15,19H,4-5,7-10,14H2,1H3. The van der Waals surface area contributed by atoms with E-state index in [0.717, 1.165) is 56.0 Å². The quantitative estimate of drug-likeness (QED) is 0.754.